The minimum atomic E-state index is 0. The smallest absolute Gasteiger partial charge is 0.214 e. The van der Waals surface area contributed by atoms with E-state index in [0.717, 1.165) is 11.3 Å². The summed E-state index contributed by atoms with van der Waals surface area (Å²) in [4.78, 5) is 0. The van der Waals surface area contributed by atoms with Crippen LogP contribution >= 0.6 is 0 Å². The van der Waals surface area contributed by atoms with Crippen LogP contribution in [-0.2, 0) is 20.1 Å². The minimum absolute atomic E-state index is 0. The molecule has 2 aromatic carbocycles. The standard InChI is InChI=1S/C16H13N2O.Ir/c1-19-16-10-11-17-18(16)15-9-5-8-14(12-15)13-6-3-2-4-7-13;/h2-8,10-12H,1H3;/q-1;. The molecule has 0 spiro atoms. The SMILES string of the molecule is COc1ccnn1-c1[c-]ccc(-c2ccccc2)c1.[Ir]. The molecule has 0 fully saturated rings. The number of rotatable bonds is 3. The first kappa shape index (κ1) is 14.5. The van der Waals surface area contributed by atoms with Crippen LogP contribution in [0.5, 0.6) is 5.88 Å². The van der Waals surface area contributed by atoms with Crippen molar-refractivity contribution in [3.8, 4) is 22.7 Å². The number of methoxy groups -OCH3 is 1. The molecule has 0 unspecified atom stereocenters. The molecule has 1 aromatic heterocycles. The number of hydrogen-bond acceptors (Lipinski definition) is 2. The molecular formula is C16H13IrN2O-. The maximum Gasteiger partial charge on any atom is 0.214 e. The van der Waals surface area contributed by atoms with Gasteiger partial charge in [-0.05, 0) is 11.3 Å². The molecule has 0 amide bonds. The molecule has 3 nitrogen and oxygen atoms in total. The van der Waals surface area contributed by atoms with Crippen LogP contribution in [0.3, 0.4) is 0 Å². The summed E-state index contributed by atoms with van der Waals surface area (Å²) in [6.07, 6.45) is 1.71. The summed E-state index contributed by atoms with van der Waals surface area (Å²) in [7, 11) is 1.63. The largest absolute Gasteiger partial charge is 0.481 e. The number of nitrogens with zero attached hydrogens (tertiary/aromatic N) is 2. The van der Waals surface area contributed by atoms with Crippen molar-refractivity contribution in [2.45, 2.75) is 0 Å². The fourth-order valence-electron chi connectivity index (χ4n) is 2.01. The predicted molar refractivity (Wildman–Crippen MR) is 74.4 cm³/mol. The summed E-state index contributed by atoms with van der Waals surface area (Å²) in [5, 5.41) is 4.25. The molecule has 0 aliphatic heterocycles. The second-order valence-corrected chi connectivity index (χ2v) is 4.11. The molecule has 20 heavy (non-hydrogen) atoms. The van der Waals surface area contributed by atoms with E-state index in [0.29, 0.717) is 5.88 Å². The van der Waals surface area contributed by atoms with E-state index in [2.05, 4.69) is 23.3 Å². The van der Waals surface area contributed by atoms with Gasteiger partial charge >= 0.3 is 0 Å². The van der Waals surface area contributed by atoms with Gasteiger partial charge in [0.15, 0.2) is 0 Å². The van der Waals surface area contributed by atoms with Gasteiger partial charge in [0, 0.05) is 26.2 Å². The van der Waals surface area contributed by atoms with Crippen LogP contribution in [0.15, 0.2) is 60.8 Å². The number of hydrogen-bond donors (Lipinski definition) is 0. The van der Waals surface area contributed by atoms with Crippen molar-refractivity contribution in [3.63, 3.8) is 0 Å². The van der Waals surface area contributed by atoms with Crippen molar-refractivity contribution in [1.82, 2.24) is 9.78 Å². The Morgan fingerprint density at radius 1 is 1.05 bits per heavy atom. The minimum Gasteiger partial charge on any atom is -0.481 e. The quantitative estimate of drug-likeness (QED) is 0.583. The Bertz CT molecular complexity index is 680. The zero-order valence-corrected chi connectivity index (χ0v) is 13.3. The van der Waals surface area contributed by atoms with Crippen LogP contribution in [0, 0.1) is 6.07 Å². The zero-order valence-electron chi connectivity index (χ0n) is 10.9. The first-order valence-electron chi connectivity index (χ1n) is 6.04. The number of benzene rings is 2. The van der Waals surface area contributed by atoms with Crippen molar-refractivity contribution in [1.29, 1.82) is 0 Å². The second kappa shape index (κ2) is 6.51. The fourth-order valence-corrected chi connectivity index (χ4v) is 2.01. The normalized spacial score (nSPS) is 9.85. The van der Waals surface area contributed by atoms with Gasteiger partial charge in [-0.1, -0.05) is 30.3 Å². The van der Waals surface area contributed by atoms with Crippen LogP contribution in [-0.4, -0.2) is 16.9 Å². The maximum atomic E-state index is 5.27. The van der Waals surface area contributed by atoms with E-state index in [9.17, 15) is 0 Å². The summed E-state index contributed by atoms with van der Waals surface area (Å²) in [6, 6.07) is 21.2. The number of ether oxygens (including phenoxy) is 1. The molecule has 0 aliphatic carbocycles. The zero-order chi connectivity index (χ0) is 13.1. The molecule has 3 rings (SSSR count). The summed E-state index contributed by atoms with van der Waals surface area (Å²) < 4.78 is 6.99. The topological polar surface area (TPSA) is 27.1 Å². The van der Waals surface area contributed by atoms with E-state index in [1.807, 2.05) is 42.5 Å². The molecule has 3 aromatic rings. The van der Waals surface area contributed by atoms with Gasteiger partial charge in [-0.25, -0.2) is 4.68 Å². The molecule has 103 valence electrons. The molecule has 1 radical (unpaired) electrons. The van der Waals surface area contributed by atoms with Crippen LogP contribution in [0.1, 0.15) is 0 Å². The Morgan fingerprint density at radius 3 is 2.60 bits per heavy atom. The molecular weight excluding hydrogens is 428 g/mol. The average Bonchev–Trinajstić information content (AvgIpc) is 2.97. The van der Waals surface area contributed by atoms with Gasteiger partial charge in [-0.3, -0.25) is 0 Å². The van der Waals surface area contributed by atoms with Crippen molar-refractivity contribution in [3.05, 3.63) is 66.9 Å². The van der Waals surface area contributed by atoms with Crippen LogP contribution in [0.25, 0.3) is 16.8 Å². The van der Waals surface area contributed by atoms with Gasteiger partial charge in [0.2, 0.25) is 5.88 Å². The van der Waals surface area contributed by atoms with Gasteiger partial charge in [0.05, 0.1) is 13.3 Å². The van der Waals surface area contributed by atoms with Crippen molar-refractivity contribution < 1.29 is 24.8 Å². The molecule has 0 N–H and O–H groups in total. The first-order chi connectivity index (χ1) is 9.38. The molecule has 1 heterocycles. The fraction of sp³-hybridized carbons (Fsp3) is 0.0625. The summed E-state index contributed by atoms with van der Waals surface area (Å²) >= 11 is 0. The Balaban J connectivity index is 0.00000147. The molecule has 0 bridgehead atoms. The van der Waals surface area contributed by atoms with Gasteiger partial charge in [0.25, 0.3) is 0 Å². The van der Waals surface area contributed by atoms with Crippen molar-refractivity contribution >= 4 is 0 Å². The Kier molecular flexibility index (Phi) is 4.72. The molecule has 0 saturated heterocycles. The van der Waals surface area contributed by atoms with Gasteiger partial charge < -0.3 is 4.74 Å². The van der Waals surface area contributed by atoms with Crippen LogP contribution < -0.4 is 4.74 Å². The van der Waals surface area contributed by atoms with Crippen LogP contribution in [0.2, 0.25) is 0 Å². The third-order valence-corrected chi connectivity index (χ3v) is 2.94. The molecule has 0 atom stereocenters. The number of aromatic nitrogens is 2. The third kappa shape index (κ3) is 2.82. The van der Waals surface area contributed by atoms with E-state index in [-0.39, 0.29) is 20.1 Å². The van der Waals surface area contributed by atoms with Crippen LogP contribution in [0.4, 0.5) is 0 Å². The van der Waals surface area contributed by atoms with Gasteiger partial charge in [-0.15, -0.1) is 11.6 Å². The van der Waals surface area contributed by atoms with E-state index in [4.69, 9.17) is 4.74 Å². The summed E-state index contributed by atoms with van der Waals surface area (Å²) in [6.45, 7) is 0. The second-order valence-electron chi connectivity index (χ2n) is 4.11. The Hall–Kier alpha value is -1.90. The van der Waals surface area contributed by atoms with Gasteiger partial charge in [-0.2, -0.15) is 23.3 Å². The average molecular weight is 442 g/mol. The van der Waals surface area contributed by atoms with E-state index >= 15 is 0 Å². The van der Waals surface area contributed by atoms with Crippen molar-refractivity contribution in [2.75, 3.05) is 7.11 Å². The monoisotopic (exact) mass is 442 g/mol. The Morgan fingerprint density at radius 2 is 1.85 bits per heavy atom. The first-order valence-corrected chi connectivity index (χ1v) is 6.04. The third-order valence-electron chi connectivity index (χ3n) is 2.94. The van der Waals surface area contributed by atoms with E-state index in [1.54, 1.807) is 18.0 Å². The summed E-state index contributed by atoms with van der Waals surface area (Å²) in [5.41, 5.74) is 3.17. The predicted octanol–water partition coefficient (Wildman–Crippen LogP) is 3.35. The van der Waals surface area contributed by atoms with Crippen molar-refractivity contribution in [2.24, 2.45) is 0 Å². The van der Waals surface area contributed by atoms with E-state index in [1.165, 1.54) is 5.56 Å². The van der Waals surface area contributed by atoms with Gasteiger partial charge in [0.1, 0.15) is 0 Å². The van der Waals surface area contributed by atoms with E-state index < -0.39 is 0 Å². The Labute approximate surface area is 131 Å². The molecule has 4 heteroatoms. The molecule has 0 saturated carbocycles. The summed E-state index contributed by atoms with van der Waals surface area (Å²) in [5.74, 6) is 0.696. The maximum absolute atomic E-state index is 5.27. The molecule has 0 aliphatic rings.